The van der Waals surface area contributed by atoms with Gasteiger partial charge in [-0.25, -0.2) is 13.1 Å². The second-order valence-electron chi connectivity index (χ2n) is 4.90. The molecule has 8 nitrogen and oxygen atoms in total. The number of nitro groups is 1. The number of hydrogen-bond acceptors (Lipinski definition) is 6. The lowest BCUT2D eigenvalue weighted by Gasteiger charge is -2.19. The van der Waals surface area contributed by atoms with E-state index in [1.807, 2.05) is 0 Å². The molecule has 0 amide bonds. The highest BCUT2D eigenvalue weighted by atomic mass is 32.2. The normalized spacial score (nSPS) is 12.2. The van der Waals surface area contributed by atoms with Gasteiger partial charge in [-0.2, -0.15) is 0 Å². The van der Waals surface area contributed by atoms with Crippen LogP contribution < -0.4 is 15.2 Å². The van der Waals surface area contributed by atoms with Crippen LogP contribution in [0.5, 0.6) is 5.75 Å². The van der Waals surface area contributed by atoms with Gasteiger partial charge in [-0.3, -0.25) is 10.1 Å². The minimum Gasteiger partial charge on any atom is -0.490 e. The van der Waals surface area contributed by atoms with E-state index in [2.05, 4.69) is 4.72 Å². The minimum absolute atomic E-state index is 0.0363. The molecule has 112 valence electrons. The van der Waals surface area contributed by atoms with E-state index in [0.717, 1.165) is 18.2 Å². The van der Waals surface area contributed by atoms with E-state index in [1.165, 1.54) is 7.11 Å². The van der Waals surface area contributed by atoms with Crippen LogP contribution in [0.3, 0.4) is 0 Å². The molecule has 0 aliphatic heterocycles. The number of nitro benzene ring substituents is 1. The summed E-state index contributed by atoms with van der Waals surface area (Å²) in [5.41, 5.74) is 4.69. The monoisotopic (exact) mass is 303 g/mol. The van der Waals surface area contributed by atoms with Crippen LogP contribution in [-0.4, -0.2) is 32.5 Å². The van der Waals surface area contributed by atoms with Gasteiger partial charge in [-0.15, -0.1) is 0 Å². The Morgan fingerprint density at radius 2 is 2.05 bits per heavy atom. The quantitative estimate of drug-likeness (QED) is 0.586. The van der Waals surface area contributed by atoms with Crippen LogP contribution in [0.25, 0.3) is 0 Å². The van der Waals surface area contributed by atoms with Gasteiger partial charge in [0.2, 0.25) is 10.0 Å². The summed E-state index contributed by atoms with van der Waals surface area (Å²) >= 11 is 0. The van der Waals surface area contributed by atoms with Gasteiger partial charge in [-0.1, -0.05) is 0 Å². The van der Waals surface area contributed by atoms with Crippen molar-refractivity contribution in [3.63, 3.8) is 0 Å². The average molecular weight is 303 g/mol. The van der Waals surface area contributed by atoms with E-state index in [0.29, 0.717) is 0 Å². The number of nitrogens with two attached hydrogens (primary N) is 1. The average Bonchev–Trinajstić information content (AvgIpc) is 2.34. The van der Waals surface area contributed by atoms with Crippen LogP contribution in [-0.2, 0) is 10.0 Å². The maximum Gasteiger partial charge on any atom is 0.310 e. The van der Waals surface area contributed by atoms with Crippen LogP contribution in [0.1, 0.15) is 13.8 Å². The Hall–Kier alpha value is -1.71. The Bertz CT molecular complexity index is 607. The standard InChI is InChI=1S/C11H17N3O5S/c1-11(2,12)7-13-20(17,18)8-4-5-9(14(15)16)10(6-8)19-3/h4-6,13H,7,12H2,1-3H3. The van der Waals surface area contributed by atoms with Gasteiger partial charge >= 0.3 is 5.69 Å². The van der Waals surface area contributed by atoms with E-state index >= 15 is 0 Å². The first kappa shape index (κ1) is 16.3. The number of ether oxygens (including phenoxy) is 1. The van der Waals surface area contributed by atoms with Crippen molar-refractivity contribution >= 4 is 15.7 Å². The first-order valence-electron chi connectivity index (χ1n) is 5.68. The van der Waals surface area contributed by atoms with Crippen molar-refractivity contribution in [2.24, 2.45) is 5.73 Å². The van der Waals surface area contributed by atoms with Crippen molar-refractivity contribution in [3.05, 3.63) is 28.3 Å². The molecule has 0 spiro atoms. The lowest BCUT2D eigenvalue weighted by atomic mass is 10.1. The van der Waals surface area contributed by atoms with Crippen molar-refractivity contribution in [2.45, 2.75) is 24.3 Å². The summed E-state index contributed by atoms with van der Waals surface area (Å²) in [4.78, 5) is 9.97. The minimum atomic E-state index is -3.80. The third-order valence-electron chi connectivity index (χ3n) is 2.38. The summed E-state index contributed by atoms with van der Waals surface area (Å²) < 4.78 is 31.2. The summed E-state index contributed by atoms with van der Waals surface area (Å²) in [6.45, 7) is 3.38. The van der Waals surface area contributed by atoms with E-state index in [9.17, 15) is 18.5 Å². The van der Waals surface area contributed by atoms with Crippen LogP contribution in [0.2, 0.25) is 0 Å². The number of sulfonamides is 1. The number of methoxy groups -OCH3 is 1. The van der Waals surface area contributed by atoms with Crippen LogP contribution in [0.4, 0.5) is 5.69 Å². The molecule has 0 aliphatic rings. The van der Waals surface area contributed by atoms with E-state index in [-0.39, 0.29) is 22.9 Å². The molecule has 0 heterocycles. The van der Waals surface area contributed by atoms with Crippen molar-refractivity contribution < 1.29 is 18.1 Å². The van der Waals surface area contributed by atoms with E-state index in [1.54, 1.807) is 13.8 Å². The van der Waals surface area contributed by atoms with Crippen LogP contribution in [0, 0.1) is 10.1 Å². The Balaban J connectivity index is 3.11. The first-order chi connectivity index (χ1) is 9.07. The highest BCUT2D eigenvalue weighted by molar-refractivity contribution is 7.89. The maximum atomic E-state index is 12.0. The maximum absolute atomic E-state index is 12.0. The van der Waals surface area contributed by atoms with Crippen molar-refractivity contribution in [2.75, 3.05) is 13.7 Å². The molecule has 0 saturated carbocycles. The fraction of sp³-hybridized carbons (Fsp3) is 0.455. The molecule has 0 fully saturated rings. The number of nitrogens with one attached hydrogen (secondary N) is 1. The van der Waals surface area contributed by atoms with Gasteiger partial charge in [0.15, 0.2) is 5.75 Å². The van der Waals surface area contributed by atoms with Crippen molar-refractivity contribution in [3.8, 4) is 5.75 Å². The molecule has 0 aliphatic carbocycles. The largest absolute Gasteiger partial charge is 0.490 e. The zero-order valence-corrected chi connectivity index (χ0v) is 12.2. The first-order valence-corrected chi connectivity index (χ1v) is 7.16. The second kappa shape index (κ2) is 5.73. The molecule has 1 aromatic rings. The SMILES string of the molecule is COc1cc(S(=O)(=O)NCC(C)(C)N)ccc1[N+](=O)[O-]. The number of benzene rings is 1. The summed E-state index contributed by atoms with van der Waals surface area (Å²) in [6, 6.07) is 3.33. The molecular weight excluding hydrogens is 286 g/mol. The Labute approximate surface area is 117 Å². The van der Waals surface area contributed by atoms with Gasteiger partial charge in [0.25, 0.3) is 0 Å². The molecule has 0 radical (unpaired) electrons. The summed E-state index contributed by atoms with van der Waals surface area (Å²) in [5.74, 6) is -0.120. The predicted molar refractivity (Wildman–Crippen MR) is 73.1 cm³/mol. The lowest BCUT2D eigenvalue weighted by Crippen LogP contribution is -2.45. The Morgan fingerprint density at radius 1 is 1.45 bits per heavy atom. The second-order valence-corrected chi connectivity index (χ2v) is 6.67. The van der Waals surface area contributed by atoms with Gasteiger partial charge in [0.05, 0.1) is 16.9 Å². The van der Waals surface area contributed by atoms with E-state index < -0.39 is 20.5 Å². The van der Waals surface area contributed by atoms with Gasteiger partial charge in [0.1, 0.15) is 0 Å². The van der Waals surface area contributed by atoms with Crippen LogP contribution >= 0.6 is 0 Å². The molecule has 3 N–H and O–H groups in total. The van der Waals surface area contributed by atoms with Crippen molar-refractivity contribution in [1.29, 1.82) is 0 Å². The fourth-order valence-electron chi connectivity index (χ4n) is 1.34. The molecule has 20 heavy (non-hydrogen) atoms. The molecule has 0 bridgehead atoms. The van der Waals surface area contributed by atoms with Crippen LogP contribution in [0.15, 0.2) is 23.1 Å². The highest BCUT2D eigenvalue weighted by Crippen LogP contribution is 2.29. The Morgan fingerprint density at radius 3 is 2.50 bits per heavy atom. The summed E-state index contributed by atoms with van der Waals surface area (Å²) in [7, 11) is -2.57. The molecular formula is C11H17N3O5S. The third-order valence-corrected chi connectivity index (χ3v) is 3.77. The summed E-state index contributed by atoms with van der Waals surface area (Å²) in [5, 5.41) is 10.7. The molecule has 0 saturated heterocycles. The molecule has 1 aromatic carbocycles. The van der Waals surface area contributed by atoms with Gasteiger partial charge in [0, 0.05) is 24.2 Å². The fourth-order valence-corrected chi connectivity index (χ4v) is 2.58. The number of hydrogen-bond donors (Lipinski definition) is 2. The van der Waals surface area contributed by atoms with Crippen molar-refractivity contribution in [1.82, 2.24) is 4.72 Å². The molecule has 0 unspecified atom stereocenters. The predicted octanol–water partition coefficient (Wildman–Crippen LogP) is 0.619. The third kappa shape index (κ3) is 4.15. The number of nitrogens with zero attached hydrogens (tertiary/aromatic N) is 1. The smallest absolute Gasteiger partial charge is 0.310 e. The zero-order valence-electron chi connectivity index (χ0n) is 11.4. The van der Waals surface area contributed by atoms with E-state index in [4.69, 9.17) is 10.5 Å². The van der Waals surface area contributed by atoms with Gasteiger partial charge in [-0.05, 0) is 19.9 Å². The Kier molecular flexibility index (Phi) is 4.69. The summed E-state index contributed by atoms with van der Waals surface area (Å²) in [6.07, 6.45) is 0. The zero-order chi connectivity index (χ0) is 15.6. The molecule has 9 heteroatoms. The molecule has 0 atom stereocenters. The lowest BCUT2D eigenvalue weighted by molar-refractivity contribution is -0.385. The molecule has 0 aromatic heterocycles. The number of rotatable bonds is 6. The topological polar surface area (TPSA) is 125 Å². The van der Waals surface area contributed by atoms with Gasteiger partial charge < -0.3 is 10.5 Å². The highest BCUT2D eigenvalue weighted by Gasteiger charge is 2.22. The molecule has 1 rings (SSSR count).